The summed E-state index contributed by atoms with van der Waals surface area (Å²) in [6, 6.07) is 3.68. The van der Waals surface area contributed by atoms with Crippen molar-refractivity contribution < 1.29 is 14.3 Å². The van der Waals surface area contributed by atoms with Crippen LogP contribution in [-0.4, -0.2) is 35.5 Å². The van der Waals surface area contributed by atoms with E-state index in [4.69, 9.17) is 0 Å². The maximum Gasteiger partial charge on any atom is 0.239 e. The van der Waals surface area contributed by atoms with Crippen LogP contribution in [0, 0.1) is 5.82 Å². The van der Waals surface area contributed by atoms with Gasteiger partial charge in [-0.3, -0.25) is 4.79 Å². The van der Waals surface area contributed by atoms with Gasteiger partial charge in [-0.1, -0.05) is 0 Å². The van der Waals surface area contributed by atoms with Gasteiger partial charge in [0, 0.05) is 26.2 Å². The number of amides is 1. The minimum Gasteiger partial charge on any atom is -0.508 e. The van der Waals surface area contributed by atoms with Gasteiger partial charge in [-0.2, -0.15) is 0 Å². The molecule has 5 heteroatoms. The van der Waals surface area contributed by atoms with Crippen LogP contribution in [0.25, 0.3) is 0 Å². The number of nitrogens with zero attached hydrogens (tertiary/aromatic N) is 1. The molecule has 0 radical (unpaired) electrons. The number of carbonyl (C=O) groups is 1. The highest BCUT2D eigenvalue weighted by molar-refractivity contribution is 5.83. The number of nitrogens with one attached hydrogen (secondary N) is 1. The molecule has 1 saturated heterocycles. The molecule has 0 bridgehead atoms. The number of halogens is 1. The van der Waals surface area contributed by atoms with Crippen molar-refractivity contribution in [1.82, 2.24) is 10.2 Å². The Bertz CT molecular complexity index is 416. The average molecular weight is 238 g/mol. The summed E-state index contributed by atoms with van der Waals surface area (Å²) in [6.45, 7) is 1.11. The van der Waals surface area contributed by atoms with Crippen molar-refractivity contribution in [2.24, 2.45) is 0 Å². The van der Waals surface area contributed by atoms with Crippen molar-refractivity contribution in [1.29, 1.82) is 0 Å². The second-order valence-electron chi connectivity index (χ2n) is 4.30. The van der Waals surface area contributed by atoms with E-state index in [0.29, 0.717) is 12.1 Å². The number of benzene rings is 1. The summed E-state index contributed by atoms with van der Waals surface area (Å²) in [5, 5.41) is 12.3. The zero-order valence-electron chi connectivity index (χ0n) is 9.61. The summed E-state index contributed by atoms with van der Waals surface area (Å²) in [7, 11) is 1.76. The zero-order chi connectivity index (χ0) is 12.4. The Morgan fingerprint density at radius 1 is 1.53 bits per heavy atom. The van der Waals surface area contributed by atoms with Gasteiger partial charge in [-0.15, -0.1) is 0 Å². The first kappa shape index (κ1) is 11.9. The molecule has 2 rings (SSSR count). The van der Waals surface area contributed by atoms with Gasteiger partial charge in [-0.05, 0) is 24.1 Å². The van der Waals surface area contributed by atoms with Gasteiger partial charge < -0.3 is 15.3 Å². The quantitative estimate of drug-likeness (QED) is 0.821. The normalized spacial score (nSPS) is 20.0. The van der Waals surface area contributed by atoms with Crippen LogP contribution in [-0.2, 0) is 11.3 Å². The summed E-state index contributed by atoms with van der Waals surface area (Å²) >= 11 is 0. The van der Waals surface area contributed by atoms with Crippen LogP contribution in [0.5, 0.6) is 5.75 Å². The van der Waals surface area contributed by atoms with Crippen molar-refractivity contribution >= 4 is 5.91 Å². The number of aromatic hydroxyl groups is 1. The van der Waals surface area contributed by atoms with Crippen LogP contribution >= 0.6 is 0 Å². The second-order valence-corrected chi connectivity index (χ2v) is 4.30. The number of rotatable bonds is 3. The van der Waals surface area contributed by atoms with Crippen LogP contribution in [0.1, 0.15) is 12.0 Å². The number of hydrogen-bond acceptors (Lipinski definition) is 3. The first-order valence-electron chi connectivity index (χ1n) is 5.53. The molecule has 1 aliphatic heterocycles. The second kappa shape index (κ2) is 4.71. The number of likely N-dealkylation sites (N-methyl/N-ethyl adjacent to an activating group) is 1. The average Bonchev–Trinajstić information content (AvgIpc) is 2.56. The van der Waals surface area contributed by atoms with E-state index < -0.39 is 5.82 Å². The molecule has 1 heterocycles. The number of phenolic OH excluding ortho intramolecular Hbond substituents is 1. The Hall–Kier alpha value is -1.62. The number of hydrogen-bond donors (Lipinski definition) is 2. The van der Waals surface area contributed by atoms with Crippen LogP contribution in [0.15, 0.2) is 18.2 Å². The lowest BCUT2D eigenvalue weighted by Crippen LogP contribution is -2.36. The van der Waals surface area contributed by atoms with Gasteiger partial charge >= 0.3 is 0 Å². The predicted molar refractivity (Wildman–Crippen MR) is 60.9 cm³/mol. The molecule has 1 aromatic carbocycles. The van der Waals surface area contributed by atoms with Crippen LogP contribution in [0.3, 0.4) is 0 Å². The number of phenols is 1. The minimum atomic E-state index is -0.475. The molecular weight excluding hydrogens is 223 g/mol. The van der Waals surface area contributed by atoms with Gasteiger partial charge in [0.2, 0.25) is 5.91 Å². The summed E-state index contributed by atoms with van der Waals surface area (Å²) in [5.41, 5.74) is 0.629. The molecule has 1 aliphatic rings. The van der Waals surface area contributed by atoms with E-state index in [9.17, 15) is 14.3 Å². The Balaban J connectivity index is 1.96. The maximum atomic E-state index is 13.0. The highest BCUT2D eigenvalue weighted by atomic mass is 19.1. The van der Waals surface area contributed by atoms with Gasteiger partial charge in [0.05, 0.1) is 6.04 Å². The van der Waals surface area contributed by atoms with E-state index >= 15 is 0 Å². The smallest absolute Gasteiger partial charge is 0.239 e. The van der Waals surface area contributed by atoms with Gasteiger partial charge in [-0.25, -0.2) is 4.39 Å². The third kappa shape index (κ3) is 2.74. The summed E-state index contributed by atoms with van der Waals surface area (Å²) < 4.78 is 13.0. The minimum absolute atomic E-state index is 0.0608. The first-order chi connectivity index (χ1) is 8.06. The third-order valence-electron chi connectivity index (χ3n) is 2.92. The molecule has 4 nitrogen and oxygen atoms in total. The summed E-state index contributed by atoms with van der Waals surface area (Å²) in [5.74, 6) is -0.515. The Kier molecular flexibility index (Phi) is 3.28. The van der Waals surface area contributed by atoms with Crippen molar-refractivity contribution in [3.05, 3.63) is 29.6 Å². The van der Waals surface area contributed by atoms with E-state index in [0.717, 1.165) is 19.0 Å². The predicted octanol–water partition coefficient (Wildman–Crippen LogP) is 0.852. The van der Waals surface area contributed by atoms with Gasteiger partial charge in [0.1, 0.15) is 11.6 Å². The molecule has 0 saturated carbocycles. The monoisotopic (exact) mass is 238 g/mol. The Labute approximate surface area is 99.0 Å². The lowest BCUT2D eigenvalue weighted by atomic mass is 10.2. The van der Waals surface area contributed by atoms with Crippen molar-refractivity contribution in [3.8, 4) is 5.75 Å². The molecule has 92 valence electrons. The van der Waals surface area contributed by atoms with E-state index in [1.165, 1.54) is 12.1 Å². The molecule has 2 N–H and O–H groups in total. The van der Waals surface area contributed by atoms with Crippen LogP contribution in [0.4, 0.5) is 4.39 Å². The highest BCUT2D eigenvalue weighted by Gasteiger charge is 2.28. The third-order valence-corrected chi connectivity index (χ3v) is 2.92. The lowest BCUT2D eigenvalue weighted by Gasteiger charge is -2.12. The Morgan fingerprint density at radius 2 is 2.29 bits per heavy atom. The molecule has 1 amide bonds. The molecule has 1 aromatic rings. The molecule has 0 aliphatic carbocycles. The first-order valence-corrected chi connectivity index (χ1v) is 5.53. The van der Waals surface area contributed by atoms with E-state index in [2.05, 4.69) is 5.32 Å². The fourth-order valence-corrected chi connectivity index (χ4v) is 1.99. The summed E-state index contributed by atoms with van der Waals surface area (Å²) in [4.78, 5) is 13.3. The van der Waals surface area contributed by atoms with Crippen LogP contribution < -0.4 is 5.32 Å². The van der Waals surface area contributed by atoms with Crippen molar-refractivity contribution in [2.45, 2.75) is 19.0 Å². The molecule has 0 aromatic heterocycles. The number of likely N-dealkylation sites (tertiary alicyclic amines) is 1. The SMILES string of the molecule is CN1CCC(NCc2cc(O)cc(F)c2)C1=O. The highest BCUT2D eigenvalue weighted by Crippen LogP contribution is 2.15. The lowest BCUT2D eigenvalue weighted by molar-refractivity contribution is -0.128. The molecule has 0 spiro atoms. The van der Waals surface area contributed by atoms with Crippen molar-refractivity contribution in [2.75, 3.05) is 13.6 Å². The zero-order valence-corrected chi connectivity index (χ0v) is 9.61. The van der Waals surface area contributed by atoms with E-state index in [-0.39, 0.29) is 17.7 Å². The molecule has 1 unspecified atom stereocenters. The topological polar surface area (TPSA) is 52.6 Å². The fourth-order valence-electron chi connectivity index (χ4n) is 1.99. The van der Waals surface area contributed by atoms with Crippen LogP contribution in [0.2, 0.25) is 0 Å². The molecule has 1 fully saturated rings. The van der Waals surface area contributed by atoms with E-state index in [1.807, 2.05) is 0 Å². The van der Waals surface area contributed by atoms with E-state index in [1.54, 1.807) is 11.9 Å². The molecule has 1 atom stereocenters. The summed E-state index contributed by atoms with van der Waals surface area (Å²) in [6.07, 6.45) is 0.761. The van der Waals surface area contributed by atoms with Crippen molar-refractivity contribution in [3.63, 3.8) is 0 Å². The fraction of sp³-hybridized carbons (Fsp3) is 0.417. The van der Waals surface area contributed by atoms with Gasteiger partial charge in [0.25, 0.3) is 0 Å². The molecular formula is C12H15FN2O2. The Morgan fingerprint density at radius 3 is 2.88 bits per heavy atom. The number of carbonyl (C=O) groups excluding carboxylic acids is 1. The largest absolute Gasteiger partial charge is 0.508 e. The standard InChI is InChI=1S/C12H15FN2O2/c1-15-3-2-11(12(15)17)14-7-8-4-9(13)6-10(16)5-8/h4-6,11,14,16H,2-3,7H2,1H3. The van der Waals surface area contributed by atoms with Gasteiger partial charge in [0.15, 0.2) is 0 Å². The molecule has 17 heavy (non-hydrogen) atoms. The maximum absolute atomic E-state index is 13.0.